The Morgan fingerprint density at radius 3 is 2.77 bits per heavy atom. The van der Waals surface area contributed by atoms with Crippen LogP contribution in [0.25, 0.3) is 11.3 Å². The fraction of sp³-hybridized carbons (Fsp3) is 0.217. The van der Waals surface area contributed by atoms with E-state index in [2.05, 4.69) is 42.7 Å². The molecule has 0 saturated carbocycles. The summed E-state index contributed by atoms with van der Waals surface area (Å²) in [6.45, 7) is 2.43. The van der Waals surface area contributed by atoms with E-state index < -0.39 is 0 Å². The zero-order valence-electron chi connectivity index (χ0n) is 17.6. The summed E-state index contributed by atoms with van der Waals surface area (Å²) in [6.07, 6.45) is 1.53. The van der Waals surface area contributed by atoms with Gasteiger partial charge < -0.3 is 20.9 Å². The number of amides is 1. The molecule has 1 atom stereocenters. The van der Waals surface area contributed by atoms with Gasteiger partial charge in [0.05, 0.1) is 18.4 Å². The summed E-state index contributed by atoms with van der Waals surface area (Å²) in [6, 6.07) is 13.0. The minimum Gasteiger partial charge on any atom is -0.352 e. The standard InChI is InChI=1S/C23H23N7O/c1-15(24-2)23(31)29-19-12-17(20-21-22(26-13-25-20)27-14-30(21)3)11-18(28-19)10-9-16-7-5-4-6-8-16/h4-8,11-13,15,24H,14H2,1-3H3,(H,25,26,27)(H,28,29,31). The van der Waals surface area contributed by atoms with Crippen molar-refractivity contribution < 1.29 is 4.79 Å². The van der Waals surface area contributed by atoms with Crippen molar-refractivity contribution in [3.8, 4) is 23.1 Å². The van der Waals surface area contributed by atoms with Gasteiger partial charge in [-0.2, -0.15) is 0 Å². The van der Waals surface area contributed by atoms with Crippen molar-refractivity contribution in [3.05, 3.63) is 60.0 Å². The molecule has 156 valence electrons. The zero-order chi connectivity index (χ0) is 21.8. The molecule has 1 aliphatic rings. The predicted molar refractivity (Wildman–Crippen MR) is 122 cm³/mol. The maximum Gasteiger partial charge on any atom is 0.242 e. The van der Waals surface area contributed by atoms with Crippen molar-refractivity contribution >= 4 is 23.2 Å². The highest BCUT2D eigenvalue weighted by atomic mass is 16.2. The van der Waals surface area contributed by atoms with Gasteiger partial charge in [0.2, 0.25) is 5.91 Å². The lowest BCUT2D eigenvalue weighted by molar-refractivity contribution is -0.117. The number of benzene rings is 1. The fourth-order valence-corrected chi connectivity index (χ4v) is 3.17. The van der Waals surface area contributed by atoms with E-state index in [1.54, 1.807) is 14.0 Å². The highest BCUT2D eigenvalue weighted by Gasteiger charge is 2.23. The molecule has 8 nitrogen and oxygen atoms in total. The summed E-state index contributed by atoms with van der Waals surface area (Å²) in [7, 11) is 3.71. The van der Waals surface area contributed by atoms with Gasteiger partial charge in [-0.1, -0.05) is 24.1 Å². The van der Waals surface area contributed by atoms with Crippen LogP contribution in [-0.4, -0.2) is 47.7 Å². The summed E-state index contributed by atoms with van der Waals surface area (Å²) in [5.41, 5.74) is 3.87. The molecule has 0 saturated heterocycles. The molecule has 0 fully saturated rings. The van der Waals surface area contributed by atoms with Crippen molar-refractivity contribution in [1.29, 1.82) is 0 Å². The topological polar surface area (TPSA) is 95.1 Å². The number of anilines is 3. The quantitative estimate of drug-likeness (QED) is 0.565. The van der Waals surface area contributed by atoms with Gasteiger partial charge >= 0.3 is 0 Å². The third-order valence-electron chi connectivity index (χ3n) is 4.97. The number of fused-ring (bicyclic) bond motifs is 1. The molecule has 0 aliphatic carbocycles. The molecule has 3 aromatic rings. The predicted octanol–water partition coefficient (Wildman–Crippen LogP) is 2.30. The van der Waals surface area contributed by atoms with Crippen molar-refractivity contribution in [2.45, 2.75) is 13.0 Å². The van der Waals surface area contributed by atoms with E-state index in [4.69, 9.17) is 0 Å². The number of aromatic nitrogens is 3. The van der Waals surface area contributed by atoms with E-state index in [0.717, 1.165) is 28.3 Å². The number of rotatable bonds is 4. The van der Waals surface area contributed by atoms with Crippen LogP contribution in [0.5, 0.6) is 0 Å². The number of hydrogen-bond donors (Lipinski definition) is 3. The zero-order valence-corrected chi connectivity index (χ0v) is 17.6. The Labute approximate surface area is 181 Å². The van der Waals surface area contributed by atoms with Crippen LogP contribution in [0.2, 0.25) is 0 Å². The summed E-state index contributed by atoms with van der Waals surface area (Å²) < 4.78 is 0. The second kappa shape index (κ2) is 8.81. The van der Waals surface area contributed by atoms with Crippen LogP contribution < -0.4 is 20.9 Å². The number of hydrogen-bond acceptors (Lipinski definition) is 7. The summed E-state index contributed by atoms with van der Waals surface area (Å²) >= 11 is 0. The lowest BCUT2D eigenvalue weighted by Gasteiger charge is -2.15. The van der Waals surface area contributed by atoms with E-state index in [1.165, 1.54) is 6.33 Å². The molecule has 3 N–H and O–H groups in total. The number of nitrogens with one attached hydrogen (secondary N) is 3. The van der Waals surface area contributed by atoms with Crippen LogP contribution in [0.1, 0.15) is 18.2 Å². The molecule has 3 heterocycles. The highest BCUT2D eigenvalue weighted by molar-refractivity contribution is 5.95. The number of pyridine rings is 1. The Morgan fingerprint density at radius 2 is 2.00 bits per heavy atom. The minimum absolute atomic E-state index is 0.180. The van der Waals surface area contributed by atoms with E-state index in [9.17, 15) is 4.79 Å². The largest absolute Gasteiger partial charge is 0.352 e. The fourth-order valence-electron chi connectivity index (χ4n) is 3.17. The Morgan fingerprint density at radius 1 is 1.19 bits per heavy atom. The molecule has 1 unspecified atom stereocenters. The summed E-state index contributed by atoms with van der Waals surface area (Å²) in [5.74, 6) is 7.24. The van der Waals surface area contributed by atoms with Crippen LogP contribution in [0.4, 0.5) is 17.3 Å². The normalized spacial score (nSPS) is 12.9. The second-order valence-electron chi connectivity index (χ2n) is 7.19. The molecule has 2 aromatic heterocycles. The van der Waals surface area contributed by atoms with Crippen LogP contribution >= 0.6 is 0 Å². The van der Waals surface area contributed by atoms with Gasteiger partial charge in [0.1, 0.15) is 23.5 Å². The molecule has 31 heavy (non-hydrogen) atoms. The van der Waals surface area contributed by atoms with E-state index in [-0.39, 0.29) is 11.9 Å². The number of likely N-dealkylation sites (N-methyl/N-ethyl adjacent to an activating group) is 1. The molecule has 0 bridgehead atoms. The monoisotopic (exact) mass is 413 g/mol. The smallest absolute Gasteiger partial charge is 0.242 e. The van der Waals surface area contributed by atoms with Gasteiger partial charge in [0, 0.05) is 18.2 Å². The third kappa shape index (κ3) is 4.47. The van der Waals surface area contributed by atoms with Gasteiger partial charge in [-0.25, -0.2) is 15.0 Å². The SMILES string of the molecule is CNC(C)C(=O)Nc1cc(-c2ncnc3c2N(C)CN3)cc(C#Cc2ccccc2)n1. The Balaban J connectivity index is 1.78. The van der Waals surface area contributed by atoms with Crippen LogP contribution in [-0.2, 0) is 4.79 Å². The molecule has 4 rings (SSSR count). The number of carbonyl (C=O) groups excluding carboxylic acids is 1. The molecular formula is C23H23N7O. The minimum atomic E-state index is -0.358. The summed E-state index contributed by atoms with van der Waals surface area (Å²) in [5, 5.41) is 9.04. The first kappa shape index (κ1) is 20.3. The molecule has 1 aromatic carbocycles. The molecule has 8 heteroatoms. The highest BCUT2D eigenvalue weighted by Crippen LogP contribution is 2.37. The van der Waals surface area contributed by atoms with Crippen LogP contribution in [0, 0.1) is 11.8 Å². The summed E-state index contributed by atoms with van der Waals surface area (Å²) in [4.78, 5) is 27.8. The Hall–Kier alpha value is -3.96. The van der Waals surface area contributed by atoms with Crippen molar-refractivity contribution in [1.82, 2.24) is 20.3 Å². The van der Waals surface area contributed by atoms with Crippen molar-refractivity contribution in [2.75, 3.05) is 36.3 Å². The van der Waals surface area contributed by atoms with E-state index in [1.807, 2.05) is 54.4 Å². The van der Waals surface area contributed by atoms with Gasteiger partial charge in [0.15, 0.2) is 5.82 Å². The Kier molecular flexibility index (Phi) is 5.78. The third-order valence-corrected chi connectivity index (χ3v) is 4.97. The molecule has 0 radical (unpaired) electrons. The first-order chi connectivity index (χ1) is 15.0. The van der Waals surface area contributed by atoms with Crippen LogP contribution in [0.15, 0.2) is 48.8 Å². The van der Waals surface area contributed by atoms with Gasteiger partial charge in [-0.3, -0.25) is 4.79 Å². The van der Waals surface area contributed by atoms with E-state index in [0.29, 0.717) is 18.2 Å². The molecular weight excluding hydrogens is 390 g/mol. The van der Waals surface area contributed by atoms with Gasteiger partial charge in [-0.05, 0) is 44.2 Å². The first-order valence-corrected chi connectivity index (χ1v) is 9.93. The number of nitrogens with zero attached hydrogens (tertiary/aromatic N) is 4. The lowest BCUT2D eigenvalue weighted by atomic mass is 10.1. The average molecular weight is 413 g/mol. The van der Waals surface area contributed by atoms with Crippen molar-refractivity contribution in [3.63, 3.8) is 0 Å². The van der Waals surface area contributed by atoms with Gasteiger partial charge in [0.25, 0.3) is 0 Å². The lowest BCUT2D eigenvalue weighted by Crippen LogP contribution is -2.35. The molecule has 1 amide bonds. The van der Waals surface area contributed by atoms with Crippen molar-refractivity contribution in [2.24, 2.45) is 0 Å². The van der Waals surface area contributed by atoms with E-state index >= 15 is 0 Å². The first-order valence-electron chi connectivity index (χ1n) is 9.93. The maximum atomic E-state index is 12.4. The Bertz CT molecular complexity index is 1170. The van der Waals surface area contributed by atoms with Gasteiger partial charge in [-0.15, -0.1) is 0 Å². The molecule has 0 spiro atoms. The number of carbonyl (C=O) groups is 1. The average Bonchev–Trinajstić information content (AvgIpc) is 3.18. The molecule has 1 aliphatic heterocycles. The second-order valence-corrected chi connectivity index (χ2v) is 7.19. The van der Waals surface area contributed by atoms with Crippen LogP contribution in [0.3, 0.4) is 0 Å². The maximum absolute atomic E-state index is 12.4.